The Morgan fingerprint density at radius 2 is 1.83 bits per heavy atom. The summed E-state index contributed by atoms with van der Waals surface area (Å²) in [7, 11) is 0. The van der Waals surface area contributed by atoms with Crippen LogP contribution in [0.2, 0.25) is 0 Å². The van der Waals surface area contributed by atoms with E-state index in [1.54, 1.807) is 12.1 Å². The van der Waals surface area contributed by atoms with Gasteiger partial charge in [0.1, 0.15) is 11.5 Å². The van der Waals surface area contributed by atoms with E-state index in [0.717, 1.165) is 28.6 Å². The minimum Gasteiger partial charge on any atom is -0.464 e. The molecule has 0 fully saturated rings. The van der Waals surface area contributed by atoms with Gasteiger partial charge in [0.2, 0.25) is 0 Å². The lowest BCUT2D eigenvalue weighted by molar-refractivity contribution is 0.0935. The summed E-state index contributed by atoms with van der Waals surface area (Å²) in [6.07, 6.45) is 0. The molecule has 0 aliphatic heterocycles. The van der Waals surface area contributed by atoms with E-state index in [2.05, 4.69) is 10.4 Å². The maximum atomic E-state index is 12.4. The van der Waals surface area contributed by atoms with Crippen LogP contribution < -0.4 is 5.32 Å². The van der Waals surface area contributed by atoms with E-state index in [4.69, 9.17) is 4.42 Å². The Balaban J connectivity index is 1.73. The summed E-state index contributed by atoms with van der Waals surface area (Å²) in [6.45, 7) is 7.76. The number of hydrogen-bond donors (Lipinski definition) is 1. The number of benzene rings is 1. The first-order chi connectivity index (χ1) is 11.4. The summed E-state index contributed by atoms with van der Waals surface area (Å²) in [6, 6.07) is 13.0. The van der Waals surface area contributed by atoms with Gasteiger partial charge in [0, 0.05) is 11.3 Å². The molecular weight excluding hydrogens is 302 g/mol. The number of carbonyl (C=O) groups excluding carboxylic acids is 1. The largest absolute Gasteiger partial charge is 0.464 e. The molecule has 2 aromatic heterocycles. The maximum absolute atomic E-state index is 12.4. The molecule has 1 atom stereocenters. The minimum absolute atomic E-state index is 0.128. The van der Waals surface area contributed by atoms with Gasteiger partial charge in [-0.05, 0) is 70.2 Å². The molecule has 5 nitrogen and oxygen atoms in total. The van der Waals surface area contributed by atoms with Crippen molar-refractivity contribution in [2.24, 2.45) is 0 Å². The molecule has 0 spiro atoms. The van der Waals surface area contributed by atoms with Crippen molar-refractivity contribution in [1.82, 2.24) is 15.1 Å². The number of nitrogens with one attached hydrogen (secondary N) is 1. The van der Waals surface area contributed by atoms with Crippen LogP contribution in [0.3, 0.4) is 0 Å². The van der Waals surface area contributed by atoms with Gasteiger partial charge in [-0.1, -0.05) is 0 Å². The highest BCUT2D eigenvalue weighted by atomic mass is 16.3. The second kappa shape index (κ2) is 6.35. The normalized spacial score (nSPS) is 12.2. The zero-order chi connectivity index (χ0) is 17.3. The molecule has 0 aliphatic carbocycles. The summed E-state index contributed by atoms with van der Waals surface area (Å²) >= 11 is 0. The van der Waals surface area contributed by atoms with E-state index < -0.39 is 0 Å². The van der Waals surface area contributed by atoms with Gasteiger partial charge in [-0.15, -0.1) is 0 Å². The Hall–Kier alpha value is -2.82. The second-order valence-corrected chi connectivity index (χ2v) is 6.03. The molecule has 2 heterocycles. The number of aryl methyl sites for hydroxylation is 3. The van der Waals surface area contributed by atoms with Gasteiger partial charge < -0.3 is 9.73 Å². The molecule has 0 saturated heterocycles. The van der Waals surface area contributed by atoms with Crippen LogP contribution in [0, 0.1) is 20.8 Å². The standard InChI is InChI=1S/C19H21N3O2/c1-12-11-13(2)22(21-12)17-8-6-16(7-9-17)19(23)20-15(4)18-10-5-14(3)24-18/h5-11,15H,1-4H3,(H,20,23)/t15-/m0/s1. The fourth-order valence-corrected chi connectivity index (χ4v) is 2.68. The van der Waals surface area contributed by atoms with Gasteiger partial charge in [0.25, 0.3) is 5.91 Å². The summed E-state index contributed by atoms with van der Waals surface area (Å²) in [5.41, 5.74) is 3.57. The highest BCUT2D eigenvalue weighted by molar-refractivity contribution is 5.94. The first kappa shape index (κ1) is 16.1. The van der Waals surface area contributed by atoms with Gasteiger partial charge in [-0.2, -0.15) is 5.10 Å². The Morgan fingerprint density at radius 3 is 2.38 bits per heavy atom. The summed E-state index contributed by atoms with van der Waals surface area (Å²) in [5, 5.41) is 7.39. The molecule has 0 unspecified atom stereocenters. The highest BCUT2D eigenvalue weighted by Crippen LogP contribution is 2.17. The Morgan fingerprint density at radius 1 is 1.12 bits per heavy atom. The van der Waals surface area contributed by atoms with Crippen molar-refractivity contribution in [3.8, 4) is 5.69 Å². The first-order valence-corrected chi connectivity index (χ1v) is 7.95. The van der Waals surface area contributed by atoms with E-state index >= 15 is 0 Å². The molecule has 1 amide bonds. The van der Waals surface area contributed by atoms with E-state index in [1.807, 2.05) is 62.7 Å². The van der Waals surface area contributed by atoms with Crippen LogP contribution in [-0.2, 0) is 0 Å². The van der Waals surface area contributed by atoms with Gasteiger partial charge in [-0.25, -0.2) is 4.68 Å². The zero-order valence-electron chi connectivity index (χ0n) is 14.3. The topological polar surface area (TPSA) is 60.1 Å². The van der Waals surface area contributed by atoms with Gasteiger partial charge in [-0.3, -0.25) is 4.79 Å². The van der Waals surface area contributed by atoms with Crippen molar-refractivity contribution in [1.29, 1.82) is 0 Å². The fourth-order valence-electron chi connectivity index (χ4n) is 2.68. The van der Waals surface area contributed by atoms with Crippen LogP contribution >= 0.6 is 0 Å². The lowest BCUT2D eigenvalue weighted by Crippen LogP contribution is -2.26. The molecule has 3 rings (SSSR count). The van der Waals surface area contributed by atoms with Crippen LogP contribution in [0.1, 0.15) is 46.2 Å². The highest BCUT2D eigenvalue weighted by Gasteiger charge is 2.14. The molecule has 5 heteroatoms. The van der Waals surface area contributed by atoms with Crippen LogP contribution in [0.4, 0.5) is 0 Å². The third-order valence-corrected chi connectivity index (χ3v) is 3.92. The van der Waals surface area contributed by atoms with E-state index in [0.29, 0.717) is 5.56 Å². The molecule has 1 aromatic carbocycles. The van der Waals surface area contributed by atoms with Crippen LogP contribution in [0.15, 0.2) is 46.9 Å². The Bertz CT molecular complexity index is 859. The van der Waals surface area contributed by atoms with E-state index in [1.165, 1.54) is 0 Å². The number of furan rings is 1. The van der Waals surface area contributed by atoms with Gasteiger partial charge in [0.15, 0.2) is 0 Å². The number of carbonyl (C=O) groups is 1. The van der Waals surface area contributed by atoms with Crippen LogP contribution in [0.25, 0.3) is 5.69 Å². The average Bonchev–Trinajstić information content (AvgIpc) is 3.13. The number of hydrogen-bond acceptors (Lipinski definition) is 3. The third kappa shape index (κ3) is 3.25. The predicted octanol–water partition coefficient (Wildman–Crippen LogP) is 3.88. The first-order valence-electron chi connectivity index (χ1n) is 7.95. The van der Waals surface area contributed by atoms with Gasteiger partial charge in [0.05, 0.1) is 17.4 Å². The summed E-state index contributed by atoms with van der Waals surface area (Å²) in [4.78, 5) is 12.4. The predicted molar refractivity (Wildman–Crippen MR) is 92.4 cm³/mol. The summed E-state index contributed by atoms with van der Waals surface area (Å²) in [5.74, 6) is 1.46. The average molecular weight is 323 g/mol. The second-order valence-electron chi connectivity index (χ2n) is 6.03. The number of rotatable bonds is 4. The smallest absolute Gasteiger partial charge is 0.251 e. The van der Waals surface area contributed by atoms with Crippen molar-refractivity contribution in [2.75, 3.05) is 0 Å². The van der Waals surface area contributed by atoms with E-state index in [9.17, 15) is 4.79 Å². The van der Waals surface area contributed by atoms with Crippen LogP contribution in [-0.4, -0.2) is 15.7 Å². The van der Waals surface area contributed by atoms with Crippen molar-refractivity contribution in [3.05, 3.63) is 70.9 Å². The maximum Gasteiger partial charge on any atom is 0.251 e. The van der Waals surface area contributed by atoms with Crippen molar-refractivity contribution < 1.29 is 9.21 Å². The molecule has 0 bridgehead atoms. The molecule has 3 aromatic rings. The molecule has 124 valence electrons. The zero-order valence-corrected chi connectivity index (χ0v) is 14.3. The summed E-state index contributed by atoms with van der Waals surface area (Å²) < 4.78 is 7.41. The SMILES string of the molecule is Cc1cc(C)n(-c2ccc(C(=O)N[C@@H](C)c3ccc(C)o3)cc2)n1. The van der Waals surface area contributed by atoms with Crippen molar-refractivity contribution in [2.45, 2.75) is 33.7 Å². The van der Waals surface area contributed by atoms with E-state index in [-0.39, 0.29) is 11.9 Å². The monoisotopic (exact) mass is 323 g/mol. The fraction of sp³-hybridized carbons (Fsp3) is 0.263. The lowest BCUT2D eigenvalue weighted by atomic mass is 10.1. The Kier molecular flexibility index (Phi) is 4.25. The molecule has 24 heavy (non-hydrogen) atoms. The van der Waals surface area contributed by atoms with Crippen LogP contribution in [0.5, 0.6) is 0 Å². The number of nitrogens with zero attached hydrogens (tertiary/aromatic N) is 2. The Labute approximate surface area is 141 Å². The lowest BCUT2D eigenvalue weighted by Gasteiger charge is -2.12. The molecule has 0 radical (unpaired) electrons. The van der Waals surface area contributed by atoms with Gasteiger partial charge >= 0.3 is 0 Å². The quantitative estimate of drug-likeness (QED) is 0.792. The minimum atomic E-state index is -0.179. The molecule has 1 N–H and O–H groups in total. The number of aromatic nitrogens is 2. The van der Waals surface area contributed by atoms with Crippen molar-refractivity contribution in [3.63, 3.8) is 0 Å². The molecule has 0 saturated carbocycles. The van der Waals surface area contributed by atoms with Crippen molar-refractivity contribution >= 4 is 5.91 Å². The molecule has 0 aliphatic rings. The third-order valence-electron chi connectivity index (χ3n) is 3.92. The number of amides is 1. The molecular formula is C19H21N3O2.